The van der Waals surface area contributed by atoms with Gasteiger partial charge in [0.15, 0.2) is 0 Å². The van der Waals surface area contributed by atoms with E-state index < -0.39 is 12.1 Å². The van der Waals surface area contributed by atoms with Crippen molar-refractivity contribution in [3.05, 3.63) is 59.9 Å². The lowest BCUT2D eigenvalue weighted by Gasteiger charge is -2.15. The molecule has 1 aromatic heterocycles. The molecule has 0 saturated heterocycles. The molecule has 0 spiro atoms. The molecule has 0 saturated carbocycles. The Labute approximate surface area is 128 Å². The number of aliphatic hydroxyl groups is 1. The van der Waals surface area contributed by atoms with Gasteiger partial charge in [-0.05, 0) is 13.0 Å². The Morgan fingerprint density at radius 3 is 2.95 bits per heavy atom. The minimum atomic E-state index is -1.06. The van der Waals surface area contributed by atoms with E-state index in [9.17, 15) is 9.90 Å². The zero-order valence-electron chi connectivity index (χ0n) is 12.3. The zero-order chi connectivity index (χ0) is 15.9. The summed E-state index contributed by atoms with van der Waals surface area (Å²) in [5.74, 6) is -0.0375. The van der Waals surface area contributed by atoms with Crippen molar-refractivity contribution in [3.63, 3.8) is 0 Å². The van der Waals surface area contributed by atoms with Crippen molar-refractivity contribution in [1.29, 1.82) is 0 Å². The standard InChI is InChI=1S/C16H18N2O4/c1-3-9-22-13-8-6-5-7-11(13)15(19)12-10-17-18-14(12)16(20)21-4-2/h3,5-8,10,15,19H,1,4,9H2,2H3,(H,17,18). The van der Waals surface area contributed by atoms with Crippen LogP contribution >= 0.6 is 0 Å². The summed E-state index contributed by atoms with van der Waals surface area (Å²) in [4.78, 5) is 11.9. The maximum absolute atomic E-state index is 11.9. The van der Waals surface area contributed by atoms with Crippen LogP contribution in [-0.2, 0) is 4.74 Å². The summed E-state index contributed by atoms with van der Waals surface area (Å²) in [7, 11) is 0. The number of esters is 1. The van der Waals surface area contributed by atoms with E-state index >= 15 is 0 Å². The number of rotatable bonds is 7. The van der Waals surface area contributed by atoms with Crippen LogP contribution in [-0.4, -0.2) is 34.5 Å². The summed E-state index contributed by atoms with van der Waals surface area (Å²) in [5, 5.41) is 17.0. The van der Waals surface area contributed by atoms with Crippen LogP contribution in [0.3, 0.4) is 0 Å². The van der Waals surface area contributed by atoms with Gasteiger partial charge in [0.2, 0.25) is 0 Å². The van der Waals surface area contributed by atoms with Gasteiger partial charge in [0.05, 0.1) is 12.8 Å². The number of ether oxygens (including phenoxy) is 2. The van der Waals surface area contributed by atoms with Gasteiger partial charge in [-0.1, -0.05) is 30.9 Å². The molecule has 0 fully saturated rings. The summed E-state index contributed by atoms with van der Waals surface area (Å²) in [6, 6.07) is 7.05. The fourth-order valence-corrected chi connectivity index (χ4v) is 2.02. The maximum Gasteiger partial charge on any atom is 0.356 e. The van der Waals surface area contributed by atoms with Crippen LogP contribution in [0.4, 0.5) is 0 Å². The van der Waals surface area contributed by atoms with Crippen LogP contribution in [0, 0.1) is 0 Å². The van der Waals surface area contributed by atoms with Gasteiger partial charge < -0.3 is 14.6 Å². The molecule has 1 unspecified atom stereocenters. The predicted molar refractivity (Wildman–Crippen MR) is 80.7 cm³/mol. The van der Waals surface area contributed by atoms with Crippen molar-refractivity contribution in [3.8, 4) is 5.75 Å². The van der Waals surface area contributed by atoms with Crippen molar-refractivity contribution in [2.75, 3.05) is 13.2 Å². The molecule has 6 heteroatoms. The lowest BCUT2D eigenvalue weighted by Crippen LogP contribution is -2.11. The third-order valence-electron chi connectivity index (χ3n) is 3.01. The number of nitrogens with one attached hydrogen (secondary N) is 1. The number of carbonyl (C=O) groups is 1. The number of hydrogen-bond acceptors (Lipinski definition) is 5. The summed E-state index contributed by atoms with van der Waals surface area (Å²) in [6.07, 6.45) is 1.96. The summed E-state index contributed by atoms with van der Waals surface area (Å²) >= 11 is 0. The van der Waals surface area contributed by atoms with Gasteiger partial charge in [-0.15, -0.1) is 0 Å². The zero-order valence-corrected chi connectivity index (χ0v) is 12.3. The second kappa shape index (κ2) is 7.42. The third kappa shape index (κ3) is 3.35. The van der Waals surface area contributed by atoms with Crippen molar-refractivity contribution >= 4 is 5.97 Å². The quantitative estimate of drug-likeness (QED) is 0.605. The number of benzene rings is 1. The van der Waals surface area contributed by atoms with E-state index in [-0.39, 0.29) is 12.3 Å². The maximum atomic E-state index is 11.9. The van der Waals surface area contributed by atoms with Gasteiger partial charge in [0.1, 0.15) is 24.2 Å². The summed E-state index contributed by atoms with van der Waals surface area (Å²) in [6.45, 7) is 5.87. The van der Waals surface area contributed by atoms with Crippen molar-refractivity contribution in [1.82, 2.24) is 10.2 Å². The third-order valence-corrected chi connectivity index (χ3v) is 3.01. The van der Waals surface area contributed by atoms with Gasteiger partial charge in [0, 0.05) is 11.1 Å². The highest BCUT2D eigenvalue weighted by atomic mass is 16.5. The number of nitrogens with zero attached hydrogens (tertiary/aromatic N) is 1. The molecule has 0 amide bonds. The van der Waals surface area contributed by atoms with Gasteiger partial charge in [0.25, 0.3) is 0 Å². The Balaban J connectivity index is 2.33. The topological polar surface area (TPSA) is 84.4 Å². The fourth-order valence-electron chi connectivity index (χ4n) is 2.02. The lowest BCUT2D eigenvalue weighted by molar-refractivity contribution is 0.0514. The monoisotopic (exact) mass is 302 g/mol. The van der Waals surface area contributed by atoms with E-state index in [1.807, 2.05) is 0 Å². The molecule has 2 aromatic rings. The van der Waals surface area contributed by atoms with E-state index in [1.165, 1.54) is 6.20 Å². The Morgan fingerprint density at radius 2 is 2.23 bits per heavy atom. The molecule has 0 aliphatic carbocycles. The predicted octanol–water partition coefficient (Wildman–Crippen LogP) is 2.23. The average molecular weight is 302 g/mol. The lowest BCUT2D eigenvalue weighted by atomic mass is 10.0. The van der Waals surface area contributed by atoms with Crippen LogP contribution < -0.4 is 4.74 Å². The highest BCUT2D eigenvalue weighted by molar-refractivity contribution is 5.89. The molecule has 0 bridgehead atoms. The average Bonchev–Trinajstić information content (AvgIpc) is 3.02. The Bertz CT molecular complexity index is 651. The largest absolute Gasteiger partial charge is 0.489 e. The van der Waals surface area contributed by atoms with Gasteiger partial charge >= 0.3 is 5.97 Å². The van der Waals surface area contributed by atoms with Crippen LogP contribution in [0.25, 0.3) is 0 Å². The molecule has 2 rings (SSSR count). The van der Waals surface area contributed by atoms with E-state index in [4.69, 9.17) is 9.47 Å². The first-order chi connectivity index (χ1) is 10.7. The van der Waals surface area contributed by atoms with Crippen molar-refractivity contribution in [2.45, 2.75) is 13.0 Å². The Kier molecular flexibility index (Phi) is 5.32. The molecule has 6 nitrogen and oxygen atoms in total. The van der Waals surface area contributed by atoms with E-state index in [0.717, 1.165) is 0 Å². The van der Waals surface area contributed by atoms with Gasteiger partial charge in [-0.25, -0.2) is 4.79 Å². The van der Waals surface area contributed by atoms with Crippen LogP contribution in [0.2, 0.25) is 0 Å². The number of hydrogen-bond donors (Lipinski definition) is 2. The normalized spacial score (nSPS) is 11.7. The number of aliphatic hydroxyl groups excluding tert-OH is 1. The number of aromatic amines is 1. The first-order valence-corrected chi connectivity index (χ1v) is 6.90. The molecule has 0 aliphatic rings. The van der Waals surface area contributed by atoms with Crippen LogP contribution in [0.5, 0.6) is 5.75 Å². The summed E-state index contributed by atoms with van der Waals surface area (Å²) < 4.78 is 10.5. The second-order valence-corrected chi connectivity index (χ2v) is 4.46. The number of H-pyrrole nitrogens is 1. The highest BCUT2D eigenvalue weighted by Crippen LogP contribution is 2.31. The number of para-hydroxylation sites is 1. The smallest absolute Gasteiger partial charge is 0.356 e. The molecule has 2 N–H and O–H groups in total. The first kappa shape index (κ1) is 15.8. The number of carbonyl (C=O) groups excluding carboxylic acids is 1. The summed E-state index contributed by atoms with van der Waals surface area (Å²) in [5.41, 5.74) is 1.01. The van der Waals surface area contributed by atoms with Crippen molar-refractivity contribution < 1.29 is 19.4 Å². The minimum absolute atomic E-state index is 0.132. The van der Waals surface area contributed by atoms with Crippen LogP contribution in [0.1, 0.15) is 34.6 Å². The molecule has 1 heterocycles. The number of aromatic nitrogens is 2. The Hall–Kier alpha value is -2.60. The van der Waals surface area contributed by atoms with Gasteiger partial charge in [-0.3, -0.25) is 5.10 Å². The molecule has 1 atom stereocenters. The molecular formula is C16H18N2O4. The molecule has 1 aromatic carbocycles. The molecule has 22 heavy (non-hydrogen) atoms. The first-order valence-electron chi connectivity index (χ1n) is 6.90. The van der Waals surface area contributed by atoms with Crippen molar-refractivity contribution in [2.24, 2.45) is 0 Å². The van der Waals surface area contributed by atoms with E-state index in [2.05, 4.69) is 16.8 Å². The van der Waals surface area contributed by atoms with Gasteiger partial charge in [-0.2, -0.15) is 5.10 Å². The SMILES string of the molecule is C=CCOc1ccccc1C(O)c1cn[nH]c1C(=O)OCC. The molecule has 0 aliphatic heterocycles. The highest BCUT2D eigenvalue weighted by Gasteiger charge is 2.24. The minimum Gasteiger partial charge on any atom is -0.489 e. The fraction of sp³-hybridized carbons (Fsp3) is 0.250. The van der Waals surface area contributed by atoms with E-state index in [0.29, 0.717) is 23.5 Å². The second-order valence-electron chi connectivity index (χ2n) is 4.46. The molecule has 0 radical (unpaired) electrons. The molecule has 116 valence electrons. The Morgan fingerprint density at radius 1 is 1.45 bits per heavy atom. The van der Waals surface area contributed by atoms with Crippen LogP contribution in [0.15, 0.2) is 43.1 Å². The molecular weight excluding hydrogens is 284 g/mol. The van der Waals surface area contributed by atoms with E-state index in [1.54, 1.807) is 37.3 Å².